The van der Waals surface area contributed by atoms with Crippen LogP contribution in [0.2, 0.25) is 0 Å². The van der Waals surface area contributed by atoms with Gasteiger partial charge in [0, 0.05) is 17.5 Å². The normalized spacial score (nSPS) is 33.4. The van der Waals surface area contributed by atoms with Gasteiger partial charge >= 0.3 is 0 Å². The van der Waals surface area contributed by atoms with Gasteiger partial charge in [-0.2, -0.15) is 0 Å². The molecule has 0 aromatic heterocycles. The van der Waals surface area contributed by atoms with Crippen LogP contribution in [0.5, 0.6) is 0 Å². The first-order valence-electron chi connectivity index (χ1n) is 6.85. The molecule has 0 spiro atoms. The summed E-state index contributed by atoms with van der Waals surface area (Å²) >= 11 is 4.99. The number of rotatable bonds is 4. The highest BCUT2D eigenvalue weighted by molar-refractivity contribution is 7.80. The maximum absolute atomic E-state index is 10.2. The van der Waals surface area contributed by atoms with E-state index in [1.807, 2.05) is 0 Å². The first kappa shape index (κ1) is 16.7. The van der Waals surface area contributed by atoms with Crippen LogP contribution in [0.1, 0.15) is 6.42 Å². The van der Waals surface area contributed by atoms with E-state index < -0.39 is 25.2 Å². The Balaban J connectivity index is 2.08. The van der Waals surface area contributed by atoms with Gasteiger partial charge in [0.05, 0.1) is 6.10 Å². The molecule has 2 rings (SSSR count). The summed E-state index contributed by atoms with van der Waals surface area (Å²) in [4.78, 5) is 0. The van der Waals surface area contributed by atoms with Crippen molar-refractivity contribution in [2.24, 2.45) is 0 Å². The van der Waals surface area contributed by atoms with Crippen LogP contribution in [0.15, 0.2) is 24.0 Å². The van der Waals surface area contributed by atoms with Gasteiger partial charge in [-0.1, -0.05) is 6.58 Å². The summed E-state index contributed by atoms with van der Waals surface area (Å²) < 4.78 is 5.86. The van der Waals surface area contributed by atoms with E-state index in [9.17, 15) is 10.2 Å². The molecule has 5 nitrogen and oxygen atoms in total. The fourth-order valence-corrected chi connectivity index (χ4v) is 3.59. The average Bonchev–Trinajstić information content (AvgIpc) is 2.64. The zero-order valence-electron chi connectivity index (χ0n) is 12.4. The van der Waals surface area contributed by atoms with Crippen molar-refractivity contribution in [2.75, 3.05) is 19.5 Å². The standard InChI is InChI=1S/C14H23N2O3PS/c1-8-9(7-15-14(21)16-8)13-12(18)11(17)10(19-13)5-6-20(2,3)4/h7,10-13,17-18H,1-2,5-6H2,3-4H3,(H2,15,16,21)/t10-,11-,12-,13?/m1/s1. The Bertz CT molecular complexity index is 528. The van der Waals surface area contributed by atoms with Crippen LogP contribution in [-0.4, -0.2) is 65.5 Å². The molecule has 0 aromatic carbocycles. The van der Waals surface area contributed by atoms with Crippen molar-refractivity contribution in [3.05, 3.63) is 24.0 Å². The molecule has 0 bridgehead atoms. The first-order valence-corrected chi connectivity index (χ1v) is 10.3. The maximum Gasteiger partial charge on any atom is 0.174 e. The number of thiocarbonyl (C=S) groups is 1. The van der Waals surface area contributed by atoms with E-state index in [4.69, 9.17) is 17.0 Å². The number of aliphatic hydroxyl groups excluding tert-OH is 2. The monoisotopic (exact) mass is 330 g/mol. The minimum Gasteiger partial charge on any atom is -0.388 e. The molecule has 1 saturated heterocycles. The minimum absolute atomic E-state index is 0.381. The van der Waals surface area contributed by atoms with Gasteiger partial charge in [0.2, 0.25) is 0 Å². The van der Waals surface area contributed by atoms with Crippen molar-refractivity contribution in [3.63, 3.8) is 0 Å². The van der Waals surface area contributed by atoms with Crippen LogP contribution in [0.3, 0.4) is 0 Å². The second kappa shape index (κ2) is 6.23. The number of ether oxygens (including phenoxy) is 1. The lowest BCUT2D eigenvalue weighted by atomic mass is 9.99. The van der Waals surface area contributed by atoms with E-state index >= 15 is 0 Å². The molecule has 1 fully saturated rings. The Morgan fingerprint density at radius 3 is 2.62 bits per heavy atom. The predicted molar refractivity (Wildman–Crippen MR) is 92.1 cm³/mol. The van der Waals surface area contributed by atoms with Gasteiger partial charge < -0.3 is 25.6 Å². The third kappa shape index (κ3) is 3.96. The maximum atomic E-state index is 10.2. The summed E-state index contributed by atoms with van der Waals surface area (Å²) in [6.07, 6.45) is 4.57. The molecule has 118 valence electrons. The smallest absolute Gasteiger partial charge is 0.174 e. The summed E-state index contributed by atoms with van der Waals surface area (Å²) in [6.45, 7) is 6.98. The molecular formula is C14H23N2O3PS. The average molecular weight is 330 g/mol. The molecule has 4 atom stereocenters. The molecule has 0 aromatic rings. The molecule has 0 amide bonds. The van der Waals surface area contributed by atoms with Crippen LogP contribution in [0.4, 0.5) is 0 Å². The number of hydrogen-bond donors (Lipinski definition) is 4. The number of aliphatic hydroxyl groups is 2. The highest BCUT2D eigenvalue weighted by atomic mass is 32.1. The van der Waals surface area contributed by atoms with E-state index in [0.717, 1.165) is 6.16 Å². The Morgan fingerprint density at radius 2 is 2.05 bits per heavy atom. The molecule has 1 unspecified atom stereocenters. The van der Waals surface area contributed by atoms with Gasteiger partial charge in [-0.05, 0) is 38.1 Å². The third-order valence-corrected chi connectivity index (χ3v) is 5.35. The van der Waals surface area contributed by atoms with Gasteiger partial charge in [-0.15, -0.1) is 13.2 Å². The van der Waals surface area contributed by atoms with Crippen LogP contribution in [-0.2, 0) is 4.74 Å². The largest absolute Gasteiger partial charge is 0.388 e. The van der Waals surface area contributed by atoms with E-state index in [2.05, 4.69) is 36.8 Å². The highest BCUT2D eigenvalue weighted by Gasteiger charge is 2.45. The van der Waals surface area contributed by atoms with E-state index in [0.29, 0.717) is 22.8 Å². The van der Waals surface area contributed by atoms with Gasteiger partial charge in [-0.25, -0.2) is 0 Å². The first-order chi connectivity index (χ1) is 9.69. The van der Waals surface area contributed by atoms with Crippen LogP contribution < -0.4 is 10.6 Å². The minimum atomic E-state index is -1.18. The molecule has 7 heteroatoms. The zero-order valence-corrected chi connectivity index (χ0v) is 14.1. The molecule has 0 radical (unpaired) electrons. The fraction of sp³-hybridized carbons (Fsp3) is 0.571. The lowest BCUT2D eigenvalue weighted by molar-refractivity contribution is 0.0188. The quantitative estimate of drug-likeness (QED) is 0.443. The SMILES string of the molecule is C=C1NC(=S)NC=C1C1O[C@H](CCP(=C)(C)C)[C@@H](O)[C@H]1O. The molecule has 21 heavy (non-hydrogen) atoms. The van der Waals surface area contributed by atoms with Crippen molar-refractivity contribution < 1.29 is 14.9 Å². The van der Waals surface area contributed by atoms with Crippen LogP contribution in [0.25, 0.3) is 0 Å². The van der Waals surface area contributed by atoms with Crippen molar-refractivity contribution >= 4 is 30.5 Å². The van der Waals surface area contributed by atoms with E-state index in [-0.39, 0.29) is 6.10 Å². The molecule has 2 heterocycles. The zero-order chi connectivity index (χ0) is 15.8. The van der Waals surface area contributed by atoms with Crippen molar-refractivity contribution in [1.29, 1.82) is 0 Å². The topological polar surface area (TPSA) is 73.8 Å². The summed E-state index contributed by atoms with van der Waals surface area (Å²) in [7, 11) is 0. The summed E-state index contributed by atoms with van der Waals surface area (Å²) in [5.74, 6) is 0. The van der Waals surface area contributed by atoms with E-state index in [1.54, 1.807) is 6.20 Å². The summed E-state index contributed by atoms with van der Waals surface area (Å²) in [5.41, 5.74) is 1.27. The molecule has 4 N–H and O–H groups in total. The van der Waals surface area contributed by atoms with Crippen molar-refractivity contribution in [1.82, 2.24) is 10.6 Å². The fourth-order valence-electron chi connectivity index (χ4n) is 2.45. The Hall–Kier alpha value is -0.650. The Morgan fingerprint density at radius 1 is 1.38 bits per heavy atom. The Labute approximate surface area is 131 Å². The lowest BCUT2D eigenvalue weighted by Crippen LogP contribution is -2.41. The van der Waals surface area contributed by atoms with Gasteiger partial charge in [0.1, 0.15) is 18.3 Å². The van der Waals surface area contributed by atoms with Crippen molar-refractivity contribution in [2.45, 2.75) is 30.8 Å². The van der Waals surface area contributed by atoms with Crippen molar-refractivity contribution in [3.8, 4) is 0 Å². The second-order valence-corrected chi connectivity index (χ2v) is 10.9. The summed E-state index contributed by atoms with van der Waals surface area (Å²) in [6, 6.07) is 0. The van der Waals surface area contributed by atoms with Crippen LogP contribution in [0, 0.1) is 0 Å². The molecule has 2 aliphatic rings. The molecule has 2 aliphatic heterocycles. The highest BCUT2D eigenvalue weighted by Crippen LogP contribution is 2.39. The van der Waals surface area contributed by atoms with Gasteiger partial charge in [-0.3, -0.25) is 0 Å². The second-order valence-electron chi connectivity index (χ2n) is 6.20. The van der Waals surface area contributed by atoms with Crippen LogP contribution >= 0.6 is 19.1 Å². The number of nitrogens with one attached hydrogen (secondary N) is 2. The predicted octanol–water partition coefficient (Wildman–Crippen LogP) is 0.450. The lowest BCUT2D eigenvalue weighted by Gasteiger charge is -2.25. The molecular weight excluding hydrogens is 307 g/mol. The number of hydrogen-bond acceptors (Lipinski definition) is 4. The Kier molecular flexibility index (Phi) is 4.96. The molecule has 0 saturated carbocycles. The summed E-state index contributed by atoms with van der Waals surface area (Å²) in [5, 5.41) is 26.6. The molecule has 0 aliphatic carbocycles. The van der Waals surface area contributed by atoms with Gasteiger partial charge in [0.15, 0.2) is 5.11 Å². The van der Waals surface area contributed by atoms with Gasteiger partial charge in [0.25, 0.3) is 0 Å². The van der Waals surface area contributed by atoms with E-state index in [1.165, 1.54) is 0 Å². The third-order valence-electron chi connectivity index (χ3n) is 3.66.